The smallest absolute Gasteiger partial charge is 0.302 e. The Balaban J connectivity index is 0. The second-order valence-electron chi connectivity index (χ2n) is 1.42. The summed E-state index contributed by atoms with van der Waals surface area (Å²) in [4.78, 5) is 10.0. The summed E-state index contributed by atoms with van der Waals surface area (Å²) in [7, 11) is 0. The van der Waals surface area contributed by atoms with Crippen molar-refractivity contribution < 1.29 is 14.6 Å². The van der Waals surface area contributed by atoms with Gasteiger partial charge in [0.05, 0.1) is 6.61 Å². The van der Waals surface area contributed by atoms with Gasteiger partial charge in [-0.15, -0.1) is 0 Å². The fourth-order valence-electron chi connectivity index (χ4n) is 0.280. The van der Waals surface area contributed by atoms with Crippen LogP contribution in [0.1, 0.15) is 13.3 Å². The van der Waals surface area contributed by atoms with Gasteiger partial charge in [0.25, 0.3) is 0 Å². The number of hydrogen-bond acceptors (Lipinski definition) is 3. The average Bonchev–Trinajstić information content (AvgIpc) is 1.66. The van der Waals surface area contributed by atoms with Crippen molar-refractivity contribution in [2.24, 2.45) is 0 Å². The minimum absolute atomic E-state index is 0. The van der Waals surface area contributed by atoms with Crippen molar-refractivity contribution >= 4 is 15.9 Å². The van der Waals surface area contributed by atoms with Crippen LogP contribution >= 0.6 is 9.90 Å². The van der Waals surface area contributed by atoms with E-state index in [9.17, 15) is 4.79 Å². The van der Waals surface area contributed by atoms with Crippen LogP contribution in [0.5, 0.6) is 0 Å². The zero-order valence-corrected chi connectivity index (χ0v) is 7.01. The number of rotatable bonds is 3. The van der Waals surface area contributed by atoms with Gasteiger partial charge in [-0.25, -0.2) is 0 Å². The van der Waals surface area contributed by atoms with Crippen LogP contribution in [0.25, 0.3) is 0 Å². The highest BCUT2D eigenvalue weighted by atomic mass is 31.0. The quantitative estimate of drug-likeness (QED) is 0.351. The Morgan fingerprint density at radius 2 is 2.22 bits per heavy atom. The predicted octanol–water partition coefficient (Wildman–Crippen LogP) is -0.0100. The molecule has 56 valence electrons. The van der Waals surface area contributed by atoms with Gasteiger partial charge in [0, 0.05) is 20.0 Å². The van der Waals surface area contributed by atoms with Crippen molar-refractivity contribution in [2.45, 2.75) is 13.3 Å². The van der Waals surface area contributed by atoms with E-state index in [1.165, 1.54) is 6.92 Å². The highest BCUT2D eigenvalue weighted by Crippen LogP contribution is 1.79. The molecule has 1 unspecified atom stereocenters. The number of ether oxygens (including phenoxy) is 1. The van der Waals surface area contributed by atoms with Gasteiger partial charge in [-0.3, -0.25) is 4.79 Å². The summed E-state index contributed by atoms with van der Waals surface area (Å²) in [5.74, 6) is -0.293. The average molecular weight is 152 g/mol. The molecule has 0 aromatic heterocycles. The van der Waals surface area contributed by atoms with E-state index in [0.29, 0.717) is 13.0 Å². The summed E-state index contributed by atoms with van der Waals surface area (Å²) in [5, 5.41) is 8.19. The Morgan fingerprint density at radius 1 is 1.67 bits per heavy atom. The minimum Gasteiger partial charge on any atom is -0.466 e. The van der Waals surface area contributed by atoms with Gasteiger partial charge >= 0.3 is 5.97 Å². The highest BCUT2D eigenvalue weighted by Gasteiger charge is 1.88. The largest absolute Gasteiger partial charge is 0.466 e. The molecule has 0 bridgehead atoms. The number of aliphatic hydroxyl groups excluding tert-OH is 1. The van der Waals surface area contributed by atoms with Crippen molar-refractivity contribution in [1.29, 1.82) is 0 Å². The molecule has 3 nitrogen and oxygen atoms in total. The first-order chi connectivity index (χ1) is 3.77. The fraction of sp³-hybridized carbons (Fsp3) is 0.800. The van der Waals surface area contributed by atoms with E-state index >= 15 is 0 Å². The first-order valence-electron chi connectivity index (χ1n) is 2.51. The second kappa shape index (κ2) is 7.86. The van der Waals surface area contributed by atoms with Crippen LogP contribution in [0.2, 0.25) is 0 Å². The van der Waals surface area contributed by atoms with Crippen molar-refractivity contribution in [2.75, 3.05) is 13.2 Å². The van der Waals surface area contributed by atoms with E-state index in [-0.39, 0.29) is 22.5 Å². The van der Waals surface area contributed by atoms with Crippen molar-refractivity contribution in [3.8, 4) is 0 Å². The van der Waals surface area contributed by atoms with Crippen LogP contribution < -0.4 is 0 Å². The Kier molecular flexibility index (Phi) is 10.2. The first-order valence-corrected chi connectivity index (χ1v) is 2.51. The Hall–Kier alpha value is -0.140. The number of aliphatic hydroxyl groups is 1. The molecule has 0 amide bonds. The third-order valence-corrected chi connectivity index (χ3v) is 0.608. The maximum atomic E-state index is 10.0. The van der Waals surface area contributed by atoms with Gasteiger partial charge in [0.2, 0.25) is 0 Å². The lowest BCUT2D eigenvalue weighted by atomic mass is 10.5. The molecule has 0 aromatic carbocycles. The molecule has 0 spiro atoms. The summed E-state index contributed by atoms with van der Waals surface area (Å²) in [6.07, 6.45) is 0.527. The van der Waals surface area contributed by atoms with Crippen molar-refractivity contribution in [1.82, 2.24) is 0 Å². The van der Waals surface area contributed by atoms with Gasteiger partial charge in [-0.1, -0.05) is 0 Å². The summed E-state index contributed by atoms with van der Waals surface area (Å²) >= 11 is 0. The molecule has 9 heavy (non-hydrogen) atoms. The Labute approximate surface area is 58.0 Å². The molecule has 0 aliphatic rings. The van der Waals surface area contributed by atoms with Gasteiger partial charge in [-0.05, 0) is 0 Å². The number of esters is 1. The van der Waals surface area contributed by atoms with Crippen LogP contribution in [0.3, 0.4) is 0 Å². The van der Waals surface area contributed by atoms with E-state index in [2.05, 4.69) is 4.74 Å². The van der Waals surface area contributed by atoms with Gasteiger partial charge in [0.1, 0.15) is 0 Å². The zero-order valence-electron chi connectivity index (χ0n) is 5.59. The number of carbonyl (C=O) groups excluding carboxylic acids is 1. The topological polar surface area (TPSA) is 46.5 Å². The molecule has 0 aliphatic heterocycles. The Bertz CT molecular complexity index is 74.6. The molecule has 0 heterocycles. The van der Waals surface area contributed by atoms with E-state index in [1.54, 1.807) is 0 Å². The van der Waals surface area contributed by atoms with Gasteiger partial charge in [-0.2, -0.15) is 9.90 Å². The first kappa shape index (κ1) is 11.6. The molecule has 0 saturated heterocycles. The monoisotopic (exact) mass is 152 g/mol. The highest BCUT2D eigenvalue weighted by molar-refractivity contribution is 6.92. The standard InChI is InChI=1S/C5H10O3.H3P/c1-5(7)8-4-2-3-6;/h6H,2-4H2,1H3;1H3. The maximum absolute atomic E-state index is 10.0. The van der Waals surface area contributed by atoms with Crippen LogP contribution in [0, 0.1) is 0 Å². The lowest BCUT2D eigenvalue weighted by molar-refractivity contribution is -0.141. The summed E-state index contributed by atoms with van der Waals surface area (Å²) in [6, 6.07) is 0. The van der Waals surface area contributed by atoms with Crippen LogP contribution in [0.4, 0.5) is 0 Å². The molecule has 0 radical (unpaired) electrons. The molecule has 1 atom stereocenters. The summed E-state index contributed by atoms with van der Waals surface area (Å²) in [5.41, 5.74) is 0. The second-order valence-corrected chi connectivity index (χ2v) is 1.42. The van der Waals surface area contributed by atoms with Gasteiger partial charge in [0.15, 0.2) is 0 Å². The van der Waals surface area contributed by atoms with Gasteiger partial charge < -0.3 is 9.84 Å². The molecule has 1 N–H and O–H groups in total. The molecule has 0 fully saturated rings. The lowest BCUT2D eigenvalue weighted by Gasteiger charge is -1.96. The molecular formula is C5H13O3P. The third kappa shape index (κ3) is 11.4. The fourth-order valence-corrected chi connectivity index (χ4v) is 0.280. The predicted molar refractivity (Wildman–Crippen MR) is 39.4 cm³/mol. The van der Waals surface area contributed by atoms with E-state index in [0.717, 1.165) is 0 Å². The molecule has 0 aliphatic carbocycles. The summed E-state index contributed by atoms with van der Waals surface area (Å²) in [6.45, 7) is 1.75. The molecular weight excluding hydrogens is 139 g/mol. The summed E-state index contributed by atoms with van der Waals surface area (Å²) < 4.78 is 4.48. The molecule has 0 rings (SSSR count). The SMILES string of the molecule is CC(=O)OCCCO.P. The maximum Gasteiger partial charge on any atom is 0.302 e. The van der Waals surface area contributed by atoms with Crippen molar-refractivity contribution in [3.63, 3.8) is 0 Å². The molecule has 4 heteroatoms. The zero-order chi connectivity index (χ0) is 6.41. The molecule has 0 aromatic rings. The Morgan fingerprint density at radius 3 is 2.56 bits per heavy atom. The van der Waals surface area contributed by atoms with Crippen LogP contribution in [-0.4, -0.2) is 24.3 Å². The third-order valence-electron chi connectivity index (χ3n) is 0.608. The lowest BCUT2D eigenvalue weighted by Crippen LogP contribution is -2.01. The normalized spacial score (nSPS) is 7.78. The van der Waals surface area contributed by atoms with E-state index in [4.69, 9.17) is 5.11 Å². The van der Waals surface area contributed by atoms with E-state index < -0.39 is 0 Å². The van der Waals surface area contributed by atoms with E-state index in [1.807, 2.05) is 0 Å². The van der Waals surface area contributed by atoms with Crippen molar-refractivity contribution in [3.05, 3.63) is 0 Å². The van der Waals surface area contributed by atoms with Crippen LogP contribution in [-0.2, 0) is 9.53 Å². The molecule has 0 saturated carbocycles. The number of carbonyl (C=O) groups is 1. The number of hydrogen-bond donors (Lipinski definition) is 1. The minimum atomic E-state index is -0.293. The van der Waals surface area contributed by atoms with Crippen LogP contribution in [0.15, 0.2) is 0 Å².